The van der Waals surface area contributed by atoms with E-state index in [1.807, 2.05) is 0 Å². The molecule has 2 aliphatic rings. The van der Waals surface area contributed by atoms with Crippen LogP contribution < -0.4 is 0 Å². The van der Waals surface area contributed by atoms with Crippen molar-refractivity contribution >= 4 is 11.9 Å². The average Bonchev–Trinajstić information content (AvgIpc) is 3.55. The van der Waals surface area contributed by atoms with Gasteiger partial charge in [-0.1, -0.05) is 91.9 Å². The second kappa shape index (κ2) is 15.7. The third-order valence-corrected chi connectivity index (χ3v) is 7.09. The van der Waals surface area contributed by atoms with Crippen molar-refractivity contribution in [1.29, 1.82) is 0 Å². The molecule has 1 saturated carbocycles. The molecule has 192 valence electrons. The normalized spacial score (nSPS) is 24.1. The highest BCUT2D eigenvalue weighted by molar-refractivity contribution is 5.83. The largest absolute Gasteiger partial charge is 0.465 e. The van der Waals surface area contributed by atoms with Crippen LogP contribution in [0.15, 0.2) is 0 Å². The number of fused-ring (bicyclic) bond motifs is 1. The van der Waals surface area contributed by atoms with Crippen LogP contribution in [0.25, 0.3) is 0 Å². The van der Waals surface area contributed by atoms with Crippen LogP contribution in [0.2, 0.25) is 0 Å². The molecule has 5 heteroatoms. The Hall–Kier alpha value is -1.10. The molecule has 0 N–H and O–H groups in total. The predicted molar refractivity (Wildman–Crippen MR) is 132 cm³/mol. The first-order chi connectivity index (χ1) is 15.9. The highest BCUT2D eigenvalue weighted by Gasteiger charge is 2.57. The lowest BCUT2D eigenvalue weighted by Gasteiger charge is -2.26. The molecule has 0 amide bonds. The van der Waals surface area contributed by atoms with E-state index in [-0.39, 0.29) is 24.1 Å². The fourth-order valence-corrected chi connectivity index (χ4v) is 4.94. The summed E-state index contributed by atoms with van der Waals surface area (Å²) in [7, 11) is 0. The van der Waals surface area contributed by atoms with Crippen molar-refractivity contribution < 1.29 is 23.8 Å². The summed E-state index contributed by atoms with van der Waals surface area (Å²) in [5.41, 5.74) is 0. The maximum absolute atomic E-state index is 12.8. The van der Waals surface area contributed by atoms with E-state index < -0.39 is 11.8 Å². The molecular weight excluding hydrogens is 416 g/mol. The van der Waals surface area contributed by atoms with Gasteiger partial charge in [0.25, 0.3) is 0 Å². The molecule has 0 spiro atoms. The number of ether oxygens (including phenoxy) is 3. The van der Waals surface area contributed by atoms with E-state index in [4.69, 9.17) is 14.2 Å². The fourth-order valence-electron chi connectivity index (χ4n) is 4.94. The van der Waals surface area contributed by atoms with Crippen molar-refractivity contribution in [2.24, 2.45) is 23.7 Å². The number of hydrogen-bond donors (Lipinski definition) is 0. The third-order valence-electron chi connectivity index (χ3n) is 7.09. The van der Waals surface area contributed by atoms with Gasteiger partial charge in [-0.2, -0.15) is 0 Å². The number of carbonyl (C=O) groups excluding carboxylic acids is 2. The van der Waals surface area contributed by atoms with Gasteiger partial charge in [0, 0.05) is 0 Å². The molecule has 0 aromatic rings. The van der Waals surface area contributed by atoms with Gasteiger partial charge in [0.1, 0.15) is 0 Å². The number of epoxide rings is 1. The molecule has 4 atom stereocenters. The van der Waals surface area contributed by atoms with E-state index >= 15 is 0 Å². The average molecular weight is 467 g/mol. The topological polar surface area (TPSA) is 65.1 Å². The molecule has 0 aromatic carbocycles. The standard InChI is InChI=1S/C28H50O5/c1-21(2)15-11-7-5-9-13-19-31-27(29)23-17-18-24-26(33-24)25(23)28(30)32-20-14-10-6-8-12-16-22(3)4/h21-26H,5-20H2,1-4H3. The van der Waals surface area contributed by atoms with Gasteiger partial charge in [-0.25, -0.2) is 0 Å². The maximum atomic E-state index is 12.8. The van der Waals surface area contributed by atoms with E-state index in [1.165, 1.54) is 51.4 Å². The minimum absolute atomic E-state index is 0.124. The van der Waals surface area contributed by atoms with Crippen molar-refractivity contribution in [2.75, 3.05) is 13.2 Å². The van der Waals surface area contributed by atoms with E-state index in [9.17, 15) is 9.59 Å². The lowest BCUT2D eigenvalue weighted by molar-refractivity contribution is -0.162. The number of hydrogen-bond acceptors (Lipinski definition) is 5. The SMILES string of the molecule is CC(C)CCCCCCCOC(=O)C1CCC2OC2C1C(=O)OCCCCCCCC(C)C. The van der Waals surface area contributed by atoms with Crippen molar-refractivity contribution in [2.45, 2.75) is 130 Å². The summed E-state index contributed by atoms with van der Waals surface area (Å²) in [6, 6.07) is 0. The molecule has 1 aliphatic carbocycles. The molecule has 0 aromatic heterocycles. The minimum atomic E-state index is -0.488. The maximum Gasteiger partial charge on any atom is 0.312 e. The van der Waals surface area contributed by atoms with Gasteiger partial charge in [-0.3, -0.25) is 9.59 Å². The molecular formula is C28H50O5. The second-order valence-corrected chi connectivity index (χ2v) is 11.1. The molecule has 0 radical (unpaired) electrons. The lowest BCUT2D eigenvalue weighted by Crippen LogP contribution is -2.39. The highest BCUT2D eigenvalue weighted by atomic mass is 16.6. The zero-order chi connectivity index (χ0) is 24.1. The van der Waals surface area contributed by atoms with E-state index in [1.54, 1.807) is 0 Å². The minimum Gasteiger partial charge on any atom is -0.465 e. The fraction of sp³-hybridized carbons (Fsp3) is 0.929. The van der Waals surface area contributed by atoms with E-state index in [0.29, 0.717) is 19.6 Å². The first kappa shape index (κ1) is 28.1. The summed E-state index contributed by atoms with van der Waals surface area (Å²) < 4.78 is 16.8. The van der Waals surface area contributed by atoms with Gasteiger partial charge >= 0.3 is 11.9 Å². The Kier molecular flexibility index (Phi) is 13.4. The second-order valence-electron chi connectivity index (χ2n) is 11.1. The Morgan fingerprint density at radius 3 is 1.73 bits per heavy atom. The monoisotopic (exact) mass is 466 g/mol. The van der Waals surface area contributed by atoms with E-state index in [2.05, 4.69) is 27.7 Å². The van der Waals surface area contributed by atoms with Gasteiger partial charge in [-0.15, -0.1) is 0 Å². The Morgan fingerprint density at radius 2 is 1.18 bits per heavy atom. The van der Waals surface area contributed by atoms with Crippen molar-refractivity contribution in [3.63, 3.8) is 0 Å². The van der Waals surface area contributed by atoms with Crippen LogP contribution in [0.3, 0.4) is 0 Å². The van der Waals surface area contributed by atoms with Crippen LogP contribution in [-0.2, 0) is 23.8 Å². The molecule has 5 nitrogen and oxygen atoms in total. The van der Waals surface area contributed by atoms with E-state index in [0.717, 1.165) is 43.9 Å². The molecule has 2 rings (SSSR count). The molecule has 2 fully saturated rings. The van der Waals surface area contributed by atoms with Crippen molar-refractivity contribution in [1.82, 2.24) is 0 Å². The van der Waals surface area contributed by atoms with Crippen LogP contribution in [-0.4, -0.2) is 37.4 Å². The summed E-state index contributed by atoms with van der Waals surface area (Å²) >= 11 is 0. The number of unbranched alkanes of at least 4 members (excludes halogenated alkanes) is 8. The number of rotatable bonds is 18. The molecule has 0 bridgehead atoms. The van der Waals surface area contributed by atoms with Gasteiger partial charge in [0.05, 0.1) is 37.3 Å². The number of esters is 2. The smallest absolute Gasteiger partial charge is 0.312 e. The predicted octanol–water partition coefficient (Wildman–Crippen LogP) is 6.86. The molecule has 33 heavy (non-hydrogen) atoms. The Bertz CT molecular complexity index is 558. The third kappa shape index (κ3) is 11.2. The summed E-state index contributed by atoms with van der Waals surface area (Å²) in [6.45, 7) is 9.94. The first-order valence-corrected chi connectivity index (χ1v) is 13.9. The summed E-state index contributed by atoms with van der Waals surface area (Å²) in [5, 5.41) is 0. The zero-order valence-corrected chi connectivity index (χ0v) is 21.8. The quantitative estimate of drug-likeness (QED) is 0.125. The van der Waals surface area contributed by atoms with Crippen molar-refractivity contribution in [3.05, 3.63) is 0 Å². The van der Waals surface area contributed by atoms with Gasteiger partial charge in [0.15, 0.2) is 0 Å². The zero-order valence-electron chi connectivity index (χ0n) is 21.8. The Morgan fingerprint density at radius 1 is 0.697 bits per heavy atom. The summed E-state index contributed by atoms with van der Waals surface area (Å²) in [4.78, 5) is 25.5. The Labute approximate surface area is 202 Å². The molecule has 1 aliphatic heterocycles. The van der Waals surface area contributed by atoms with Gasteiger partial charge < -0.3 is 14.2 Å². The Balaban J connectivity index is 1.60. The first-order valence-electron chi connectivity index (χ1n) is 13.9. The summed E-state index contributed by atoms with van der Waals surface area (Å²) in [6.07, 6.45) is 15.4. The molecule has 4 unspecified atom stereocenters. The lowest BCUT2D eigenvalue weighted by atomic mass is 9.79. The van der Waals surface area contributed by atoms with Crippen LogP contribution in [0.1, 0.15) is 118 Å². The summed E-state index contributed by atoms with van der Waals surface area (Å²) in [5.74, 6) is 0.136. The number of carbonyl (C=O) groups is 2. The van der Waals surface area contributed by atoms with Crippen LogP contribution >= 0.6 is 0 Å². The van der Waals surface area contributed by atoms with Gasteiger partial charge in [-0.05, 0) is 37.5 Å². The van der Waals surface area contributed by atoms with Crippen molar-refractivity contribution in [3.8, 4) is 0 Å². The van der Waals surface area contributed by atoms with Gasteiger partial charge in [0.2, 0.25) is 0 Å². The highest BCUT2D eigenvalue weighted by Crippen LogP contribution is 2.45. The van der Waals surface area contributed by atoms with Crippen LogP contribution in [0.4, 0.5) is 0 Å². The molecule has 1 saturated heterocycles. The molecule has 1 heterocycles. The van der Waals surface area contributed by atoms with Crippen LogP contribution in [0.5, 0.6) is 0 Å². The van der Waals surface area contributed by atoms with Crippen LogP contribution in [0, 0.1) is 23.7 Å².